The van der Waals surface area contributed by atoms with Gasteiger partial charge in [-0.1, -0.05) is 53.5 Å². The molecule has 1 aromatic heterocycles. The number of hydrogen-bond donors (Lipinski definition) is 3. The van der Waals surface area contributed by atoms with Crippen LogP contribution in [0.3, 0.4) is 0 Å². The van der Waals surface area contributed by atoms with Crippen LogP contribution in [0.15, 0.2) is 30.3 Å². The van der Waals surface area contributed by atoms with E-state index >= 15 is 0 Å². The molecule has 1 aliphatic rings. The molecule has 0 bridgehead atoms. The third kappa shape index (κ3) is 12.9. The fraction of sp³-hybridized carbons (Fsp3) is 0.500. The molecule has 8 nitrogen and oxygen atoms in total. The quantitative estimate of drug-likeness (QED) is 0.170. The zero-order valence-corrected chi connectivity index (χ0v) is 31.4. The van der Waals surface area contributed by atoms with Gasteiger partial charge in [0.1, 0.15) is 11.6 Å². The standard InChI is InChI=1S/C26H32N4O3.C4H9N.C4H10.U/c1-6-16(3)24(27)21-9-8-10-23(28-21)29-25(31)20-13-19-15-30(26(32)17(4)7-2)12-11-18(19)14-22(20)33-5;1-3-4(2)5;1-3-4-2;/h8-10,13-14,16-17,27H,2,4,6-7,11-12,15H2,1,3,5H3,(H,28,29,31);5H,3H2,1-2H3;3-4H2,1-2H3;/q-2;;;+2. The van der Waals surface area contributed by atoms with Crippen molar-refractivity contribution in [3.8, 4) is 5.75 Å². The maximum Gasteiger partial charge on any atom is 2.00 e. The number of amides is 2. The van der Waals surface area contributed by atoms with Gasteiger partial charge in [0.15, 0.2) is 5.91 Å². The maximum atomic E-state index is 13.1. The van der Waals surface area contributed by atoms with Gasteiger partial charge in [-0.05, 0) is 67.5 Å². The summed E-state index contributed by atoms with van der Waals surface area (Å²) in [6.45, 7) is 20.8. The second-order valence-corrected chi connectivity index (χ2v) is 10.5. The number of unbranched alkanes of at least 4 members (excludes halogenated alkanes) is 1. The van der Waals surface area contributed by atoms with E-state index in [4.69, 9.17) is 15.6 Å². The first-order valence-corrected chi connectivity index (χ1v) is 15.0. The topological polar surface area (TPSA) is 119 Å². The van der Waals surface area contributed by atoms with Crippen molar-refractivity contribution in [3.63, 3.8) is 0 Å². The van der Waals surface area contributed by atoms with Crippen LogP contribution in [0.2, 0.25) is 0 Å². The molecule has 0 aliphatic carbocycles. The van der Waals surface area contributed by atoms with E-state index in [1.54, 1.807) is 36.1 Å². The first kappa shape index (κ1) is 40.5. The Morgan fingerprint density at radius 2 is 1.74 bits per heavy atom. The monoisotopic (exact) mass is 815 g/mol. The molecule has 2 amide bonds. The molecule has 2 atom stereocenters. The van der Waals surface area contributed by atoms with Gasteiger partial charge in [-0.15, -0.1) is 5.92 Å². The number of nitrogens with one attached hydrogen (secondary N) is 3. The largest absolute Gasteiger partial charge is 2.00 e. The molecule has 43 heavy (non-hydrogen) atoms. The first-order chi connectivity index (χ1) is 20.0. The van der Waals surface area contributed by atoms with Gasteiger partial charge in [-0.3, -0.25) is 9.59 Å². The number of carbonyl (C=O) groups excluding carboxylic acids is 2. The molecule has 0 fully saturated rings. The number of hydrogen-bond acceptors (Lipinski definition) is 6. The summed E-state index contributed by atoms with van der Waals surface area (Å²) in [5.74, 6) is 0.170. The van der Waals surface area contributed by atoms with E-state index in [1.165, 1.54) is 20.0 Å². The minimum absolute atomic E-state index is 0. The van der Waals surface area contributed by atoms with Gasteiger partial charge in [0, 0.05) is 18.8 Å². The molecule has 9 heteroatoms. The van der Waals surface area contributed by atoms with Gasteiger partial charge in [-0.25, -0.2) is 4.98 Å². The maximum absolute atomic E-state index is 13.1. The molecule has 0 radical (unpaired) electrons. The Balaban J connectivity index is 0.00000155. The Bertz CT molecular complexity index is 1200. The predicted molar refractivity (Wildman–Crippen MR) is 174 cm³/mol. The van der Waals surface area contributed by atoms with Crippen LogP contribution in [0, 0.1) is 67.6 Å². The van der Waals surface area contributed by atoms with Crippen molar-refractivity contribution in [1.29, 1.82) is 10.8 Å². The molecular formula is C34H51N5O3U. The molecule has 0 saturated carbocycles. The summed E-state index contributed by atoms with van der Waals surface area (Å²) < 4.78 is 5.49. The van der Waals surface area contributed by atoms with E-state index in [1.807, 2.05) is 26.8 Å². The second kappa shape index (κ2) is 21.2. The van der Waals surface area contributed by atoms with Gasteiger partial charge in [-0.2, -0.15) is 6.42 Å². The van der Waals surface area contributed by atoms with Crippen molar-refractivity contribution in [2.24, 2.45) is 11.8 Å². The first-order valence-electron chi connectivity index (χ1n) is 15.0. The number of fused-ring (bicyclic) bond motifs is 1. The molecule has 2 aromatic rings. The Morgan fingerprint density at radius 3 is 2.26 bits per heavy atom. The number of ether oxygens (including phenoxy) is 1. The van der Waals surface area contributed by atoms with Gasteiger partial charge >= 0.3 is 31.1 Å². The summed E-state index contributed by atoms with van der Waals surface area (Å²) in [5.41, 5.74) is 4.09. The average Bonchev–Trinajstić information content (AvgIpc) is 3.02. The molecular weight excluding hydrogens is 764 g/mol. The van der Waals surface area contributed by atoms with Crippen molar-refractivity contribution >= 4 is 29.1 Å². The molecule has 1 aromatic carbocycles. The number of pyridine rings is 1. The number of anilines is 1. The number of rotatable bonds is 10. The SMILES string of the molecule is CCC(C)=N.CCCC.[CH2-]CC([CH2-])C(=O)N1CCc2cc(OC)c(C(=O)Nc3cccc(C(=N)C(C)CC)n3)cc2C1.[U+2]. The number of aromatic nitrogens is 1. The van der Waals surface area contributed by atoms with E-state index in [0.29, 0.717) is 54.5 Å². The van der Waals surface area contributed by atoms with Crippen molar-refractivity contribution in [3.05, 3.63) is 66.6 Å². The van der Waals surface area contributed by atoms with E-state index in [9.17, 15) is 9.59 Å². The third-order valence-electron chi connectivity index (χ3n) is 7.19. The van der Waals surface area contributed by atoms with Gasteiger partial charge in [0.2, 0.25) is 0 Å². The normalized spacial score (nSPS) is 12.9. The summed E-state index contributed by atoms with van der Waals surface area (Å²) in [7, 11) is 1.53. The number of methoxy groups -OCH3 is 1. The fourth-order valence-corrected chi connectivity index (χ4v) is 3.80. The van der Waals surface area contributed by atoms with Crippen LogP contribution >= 0.6 is 0 Å². The van der Waals surface area contributed by atoms with Gasteiger partial charge in [0.25, 0.3) is 5.91 Å². The summed E-state index contributed by atoms with van der Waals surface area (Å²) in [4.78, 5) is 31.9. The minimum atomic E-state index is -0.375. The van der Waals surface area contributed by atoms with Crippen molar-refractivity contribution < 1.29 is 45.4 Å². The van der Waals surface area contributed by atoms with E-state index < -0.39 is 0 Å². The van der Waals surface area contributed by atoms with E-state index in [-0.39, 0.29) is 54.8 Å². The van der Waals surface area contributed by atoms with E-state index in [2.05, 4.69) is 38.0 Å². The zero-order chi connectivity index (χ0) is 31.8. The van der Waals surface area contributed by atoms with Crippen LogP contribution in [0.1, 0.15) is 101 Å². The molecule has 3 rings (SSSR count). The van der Waals surface area contributed by atoms with Crippen LogP contribution in [0.5, 0.6) is 5.75 Å². The van der Waals surface area contributed by atoms with Crippen LogP contribution in [0.25, 0.3) is 0 Å². The molecule has 2 unspecified atom stereocenters. The van der Waals surface area contributed by atoms with Crippen molar-refractivity contribution in [1.82, 2.24) is 9.88 Å². The molecule has 2 heterocycles. The Kier molecular flexibility index (Phi) is 20.0. The van der Waals surface area contributed by atoms with Crippen LogP contribution in [-0.2, 0) is 17.8 Å². The van der Waals surface area contributed by atoms with Crippen LogP contribution in [0.4, 0.5) is 5.82 Å². The second-order valence-electron chi connectivity index (χ2n) is 10.5. The van der Waals surface area contributed by atoms with Crippen molar-refractivity contribution in [2.75, 3.05) is 19.0 Å². The van der Waals surface area contributed by atoms with Crippen LogP contribution in [-0.4, -0.2) is 46.8 Å². The molecule has 1 aliphatic heterocycles. The van der Waals surface area contributed by atoms with Crippen LogP contribution < -0.4 is 10.1 Å². The fourth-order valence-electron chi connectivity index (χ4n) is 3.80. The summed E-state index contributed by atoms with van der Waals surface area (Å²) in [5, 5.41) is 17.9. The molecule has 234 valence electrons. The number of benzene rings is 1. The predicted octanol–water partition coefficient (Wildman–Crippen LogP) is 7.56. The molecule has 0 spiro atoms. The Morgan fingerprint density at radius 1 is 1.12 bits per heavy atom. The average molecular weight is 816 g/mol. The minimum Gasteiger partial charge on any atom is -0.496 e. The molecule has 0 saturated heterocycles. The van der Waals surface area contributed by atoms with Crippen molar-refractivity contribution in [2.45, 2.75) is 86.6 Å². The summed E-state index contributed by atoms with van der Waals surface area (Å²) in [6.07, 6.45) is 5.50. The van der Waals surface area contributed by atoms with Gasteiger partial charge in [0.05, 0.1) is 24.1 Å². The smallest absolute Gasteiger partial charge is 0.496 e. The molecule has 3 N–H and O–H groups in total. The zero-order valence-electron chi connectivity index (χ0n) is 27.2. The van der Waals surface area contributed by atoms with Gasteiger partial charge < -0.3 is 39.6 Å². The summed E-state index contributed by atoms with van der Waals surface area (Å²) >= 11 is 0. The third-order valence-corrected chi connectivity index (χ3v) is 7.19. The number of carbonyl (C=O) groups is 2. The van der Waals surface area contributed by atoms with E-state index in [0.717, 1.165) is 29.7 Å². The summed E-state index contributed by atoms with van der Waals surface area (Å²) in [6, 6.07) is 8.91. The Labute approximate surface area is 283 Å². The number of nitrogens with zero attached hydrogens (tertiary/aromatic N) is 2. The Hall–Kier alpha value is -2.50.